The average Bonchev–Trinajstić information content (AvgIpc) is 2.75. The third-order valence-corrected chi connectivity index (χ3v) is 7.59. The zero-order chi connectivity index (χ0) is 25.7. The molecule has 5 rings (SSSR count). The molecule has 10 heteroatoms. The number of aromatic hydroxyl groups is 1. The first-order valence-electron chi connectivity index (χ1n) is 11.3. The van der Waals surface area contributed by atoms with E-state index in [1.165, 1.54) is 19.1 Å². The lowest BCUT2D eigenvalue weighted by Crippen LogP contribution is -2.69. The highest BCUT2D eigenvalue weighted by Gasteiger charge is 2.66. The van der Waals surface area contributed by atoms with E-state index in [1.54, 1.807) is 6.92 Å². The fraction of sp³-hybridized carbons (Fsp3) is 0.480. The molecule has 1 aromatic carbocycles. The molecule has 2 fully saturated rings. The fourth-order valence-corrected chi connectivity index (χ4v) is 5.82. The van der Waals surface area contributed by atoms with Gasteiger partial charge in [0.2, 0.25) is 0 Å². The number of aliphatic hydroxyl groups is 5. The molecule has 1 aromatic rings. The van der Waals surface area contributed by atoms with Crippen molar-refractivity contribution in [2.45, 2.75) is 74.3 Å². The molecular weight excluding hydrogens is 460 g/mol. The lowest BCUT2D eigenvalue weighted by molar-refractivity contribution is -0.183. The molecular formula is C25H26O10. The van der Waals surface area contributed by atoms with E-state index in [0.717, 1.165) is 12.2 Å². The number of rotatable bonds is 1. The van der Waals surface area contributed by atoms with Crippen molar-refractivity contribution in [2.24, 2.45) is 0 Å². The lowest BCUT2D eigenvalue weighted by atomic mass is 9.57. The minimum atomic E-state index is -2.75. The van der Waals surface area contributed by atoms with Gasteiger partial charge in [-0.3, -0.25) is 14.4 Å². The Kier molecular flexibility index (Phi) is 5.06. The summed E-state index contributed by atoms with van der Waals surface area (Å²) in [7, 11) is 0. The molecule has 1 saturated carbocycles. The molecule has 0 amide bonds. The van der Waals surface area contributed by atoms with Crippen molar-refractivity contribution in [3.05, 3.63) is 52.1 Å². The van der Waals surface area contributed by atoms with Gasteiger partial charge in [-0.25, -0.2) is 0 Å². The van der Waals surface area contributed by atoms with Crippen LogP contribution in [0.3, 0.4) is 0 Å². The van der Waals surface area contributed by atoms with E-state index in [9.17, 15) is 45.0 Å². The summed E-state index contributed by atoms with van der Waals surface area (Å²) in [4.78, 5) is 40.0. The van der Waals surface area contributed by atoms with Crippen LogP contribution >= 0.6 is 0 Å². The van der Waals surface area contributed by atoms with Gasteiger partial charge in [0, 0.05) is 36.0 Å². The summed E-state index contributed by atoms with van der Waals surface area (Å²) in [6, 6.07) is 2.60. The Labute approximate surface area is 199 Å². The topological polar surface area (TPSA) is 182 Å². The van der Waals surface area contributed by atoms with Crippen LogP contribution in [0.1, 0.15) is 65.5 Å². The number of fused-ring (bicyclic) bond motifs is 3. The molecule has 1 aliphatic heterocycles. The molecule has 0 spiro atoms. The summed E-state index contributed by atoms with van der Waals surface area (Å²) in [5, 5.41) is 64.1. The number of ether oxygens (including phenoxy) is 1. The summed E-state index contributed by atoms with van der Waals surface area (Å²) in [6.45, 7) is 2.88. The zero-order valence-corrected chi connectivity index (χ0v) is 19.1. The number of carbonyl (C=O) groups is 3. The molecule has 6 N–H and O–H groups in total. The fourth-order valence-electron chi connectivity index (χ4n) is 5.82. The number of hydrogen-bond donors (Lipinski definition) is 6. The average molecular weight is 486 g/mol. The van der Waals surface area contributed by atoms with Gasteiger partial charge < -0.3 is 35.4 Å². The minimum Gasteiger partial charge on any atom is -0.507 e. The van der Waals surface area contributed by atoms with Crippen LogP contribution < -0.4 is 0 Å². The van der Waals surface area contributed by atoms with Crippen molar-refractivity contribution in [1.29, 1.82) is 0 Å². The van der Waals surface area contributed by atoms with Crippen LogP contribution in [-0.2, 0) is 9.53 Å². The number of allylic oxidation sites excluding steroid dienone is 2. The van der Waals surface area contributed by atoms with Crippen LogP contribution in [0, 0.1) is 0 Å². The van der Waals surface area contributed by atoms with Gasteiger partial charge >= 0.3 is 0 Å². The first-order valence-corrected chi connectivity index (χ1v) is 11.3. The van der Waals surface area contributed by atoms with Crippen molar-refractivity contribution in [2.75, 3.05) is 0 Å². The van der Waals surface area contributed by atoms with Gasteiger partial charge in [-0.2, -0.15) is 0 Å². The molecule has 3 aliphatic carbocycles. The molecule has 186 valence electrons. The second-order valence-corrected chi connectivity index (χ2v) is 10.2. The van der Waals surface area contributed by atoms with Gasteiger partial charge in [0.05, 0.1) is 35.0 Å². The van der Waals surface area contributed by atoms with Crippen molar-refractivity contribution in [1.82, 2.24) is 0 Å². The van der Waals surface area contributed by atoms with E-state index < -0.39 is 82.7 Å². The highest BCUT2D eigenvalue weighted by atomic mass is 16.5. The van der Waals surface area contributed by atoms with Crippen LogP contribution in [0.15, 0.2) is 35.4 Å². The van der Waals surface area contributed by atoms with E-state index in [2.05, 4.69) is 0 Å². The number of Topliss-reactive ketones (excluding diaryl/α,β-unsaturated/α-hetero) is 3. The van der Waals surface area contributed by atoms with Crippen molar-refractivity contribution < 1.29 is 49.8 Å². The Balaban J connectivity index is 1.62. The molecule has 0 aromatic heterocycles. The van der Waals surface area contributed by atoms with E-state index in [4.69, 9.17) is 4.74 Å². The number of carbonyl (C=O) groups excluding carboxylic acids is 3. The Hall–Kier alpha value is -2.73. The third kappa shape index (κ3) is 3.15. The highest BCUT2D eigenvalue weighted by molar-refractivity contribution is 6.31. The molecule has 1 heterocycles. The SMILES string of the molecule is C[C@H]1O[C@@H](c2ccc3c(c2O)C(=O)C2=C(C3=O)[C@@]3(O)C(=O)C[C@](C)(O)C[C@@]3(O)C=C2)C[C@@H](O)[C@H]1O. The van der Waals surface area contributed by atoms with Crippen LogP contribution in [0.5, 0.6) is 5.75 Å². The monoisotopic (exact) mass is 486 g/mol. The van der Waals surface area contributed by atoms with Crippen LogP contribution in [0.2, 0.25) is 0 Å². The van der Waals surface area contributed by atoms with Gasteiger partial charge in [0.1, 0.15) is 17.5 Å². The summed E-state index contributed by atoms with van der Waals surface area (Å²) in [5.74, 6) is -3.30. The Morgan fingerprint density at radius 3 is 2.40 bits per heavy atom. The summed E-state index contributed by atoms with van der Waals surface area (Å²) in [6.07, 6.45) is -2.78. The van der Waals surface area contributed by atoms with Gasteiger partial charge in [0.25, 0.3) is 0 Å². The van der Waals surface area contributed by atoms with E-state index in [1.807, 2.05) is 0 Å². The van der Waals surface area contributed by atoms with Gasteiger partial charge in [0.15, 0.2) is 23.0 Å². The number of aliphatic hydroxyl groups excluding tert-OH is 2. The molecule has 10 nitrogen and oxygen atoms in total. The van der Waals surface area contributed by atoms with Crippen LogP contribution in [0.25, 0.3) is 0 Å². The van der Waals surface area contributed by atoms with Crippen molar-refractivity contribution >= 4 is 17.3 Å². The van der Waals surface area contributed by atoms with Crippen molar-refractivity contribution in [3.8, 4) is 5.75 Å². The molecule has 7 atom stereocenters. The lowest BCUT2D eigenvalue weighted by Gasteiger charge is -2.51. The van der Waals surface area contributed by atoms with E-state index >= 15 is 0 Å². The number of phenols is 1. The third-order valence-electron chi connectivity index (χ3n) is 7.59. The maximum atomic E-state index is 13.5. The second kappa shape index (κ2) is 7.39. The Morgan fingerprint density at radius 1 is 1.06 bits per heavy atom. The Morgan fingerprint density at radius 2 is 1.74 bits per heavy atom. The summed E-state index contributed by atoms with van der Waals surface area (Å²) >= 11 is 0. The highest BCUT2D eigenvalue weighted by Crippen LogP contribution is 2.51. The maximum Gasteiger partial charge on any atom is 0.198 e. The standard InChI is InChI=1S/C25H26O10/c1-10-19(28)14(26)7-15(35-10)11-3-4-12-17(20(11)29)21(30)13-5-6-24(33)9-23(2,32)8-16(27)25(24,34)18(13)22(12)31/h3-6,10,14-15,19,26,28-29,32-34H,7-9H2,1-2H3/t10-,14-,15-,19+,23+,24+,25+/m1/s1. The number of hydrogen-bond acceptors (Lipinski definition) is 10. The predicted octanol–water partition coefficient (Wildman–Crippen LogP) is -0.215. The second-order valence-electron chi connectivity index (χ2n) is 10.2. The maximum absolute atomic E-state index is 13.5. The largest absolute Gasteiger partial charge is 0.507 e. The molecule has 4 aliphatic rings. The number of ketones is 3. The normalized spacial score (nSPS) is 40.9. The molecule has 0 unspecified atom stereocenters. The zero-order valence-electron chi connectivity index (χ0n) is 19.1. The van der Waals surface area contributed by atoms with E-state index in [0.29, 0.717) is 0 Å². The van der Waals surface area contributed by atoms with Gasteiger partial charge in [-0.15, -0.1) is 0 Å². The Bertz CT molecular complexity index is 1230. The number of phenolic OH excluding ortho intramolecular Hbond substituents is 1. The summed E-state index contributed by atoms with van der Waals surface area (Å²) in [5.41, 5.74) is -8.12. The molecule has 0 bridgehead atoms. The van der Waals surface area contributed by atoms with Gasteiger partial charge in [-0.05, 0) is 26.0 Å². The number of benzene rings is 1. The summed E-state index contributed by atoms with van der Waals surface area (Å²) < 4.78 is 5.70. The van der Waals surface area contributed by atoms with Crippen LogP contribution in [-0.4, -0.2) is 83.1 Å². The first-order chi connectivity index (χ1) is 16.2. The predicted molar refractivity (Wildman–Crippen MR) is 118 cm³/mol. The van der Waals surface area contributed by atoms with Crippen molar-refractivity contribution in [3.63, 3.8) is 0 Å². The molecule has 0 radical (unpaired) electrons. The van der Waals surface area contributed by atoms with Gasteiger partial charge in [-0.1, -0.05) is 12.1 Å². The van der Waals surface area contributed by atoms with Crippen LogP contribution in [0.4, 0.5) is 0 Å². The molecule has 35 heavy (non-hydrogen) atoms. The van der Waals surface area contributed by atoms with E-state index in [-0.39, 0.29) is 28.7 Å². The minimum absolute atomic E-state index is 0.0605. The first kappa shape index (κ1) is 24.0. The molecule has 1 saturated heterocycles. The quantitative estimate of drug-likeness (QED) is 0.311. The smallest absolute Gasteiger partial charge is 0.198 e.